The molecule has 3 rings (SSSR count). The van der Waals surface area contributed by atoms with Crippen molar-refractivity contribution < 1.29 is 9.90 Å². The highest BCUT2D eigenvalue weighted by atomic mass is 16.4. The van der Waals surface area contributed by atoms with Crippen LogP contribution in [0.5, 0.6) is 0 Å². The van der Waals surface area contributed by atoms with Gasteiger partial charge in [-0.2, -0.15) is 15.0 Å². The minimum absolute atomic E-state index is 0.706. The van der Waals surface area contributed by atoms with Crippen molar-refractivity contribution in [2.75, 3.05) is 0 Å². The lowest BCUT2D eigenvalue weighted by Crippen LogP contribution is -2.37. The van der Waals surface area contributed by atoms with E-state index in [0.717, 1.165) is 43.4 Å². The lowest BCUT2D eigenvalue weighted by molar-refractivity contribution is -0.145. The van der Waals surface area contributed by atoms with Gasteiger partial charge >= 0.3 is 5.97 Å². The number of aromatic nitrogens is 3. The zero-order valence-corrected chi connectivity index (χ0v) is 11.2. The molecule has 1 heterocycles. The van der Waals surface area contributed by atoms with E-state index in [0.29, 0.717) is 0 Å². The summed E-state index contributed by atoms with van der Waals surface area (Å²) in [4.78, 5) is 13.3. The van der Waals surface area contributed by atoms with E-state index in [2.05, 4.69) is 10.2 Å². The summed E-state index contributed by atoms with van der Waals surface area (Å²) in [5.74, 6) is -0.706. The van der Waals surface area contributed by atoms with Crippen LogP contribution in [0.4, 0.5) is 0 Å². The molecule has 104 valence electrons. The predicted octanol–water partition coefficient (Wildman–Crippen LogP) is 2.55. The third kappa shape index (κ3) is 2.09. The molecule has 0 unspecified atom stereocenters. The number of carboxylic acid groups (broad SMARTS) is 1. The molecule has 5 heteroatoms. The van der Waals surface area contributed by atoms with Crippen LogP contribution in [0.2, 0.25) is 0 Å². The lowest BCUT2D eigenvalue weighted by atomic mass is 9.69. The molecule has 0 saturated heterocycles. The Hall–Kier alpha value is -2.17. The highest BCUT2D eigenvalue weighted by Crippen LogP contribution is 2.39. The van der Waals surface area contributed by atoms with Gasteiger partial charge in [0.1, 0.15) is 0 Å². The Morgan fingerprint density at radius 3 is 2.20 bits per heavy atom. The lowest BCUT2D eigenvalue weighted by Gasteiger charge is -2.33. The molecule has 1 saturated carbocycles. The van der Waals surface area contributed by atoms with E-state index in [1.807, 2.05) is 24.3 Å². The van der Waals surface area contributed by atoms with Crippen LogP contribution >= 0.6 is 0 Å². The Bertz CT molecular complexity index is 584. The molecule has 1 N–H and O–H groups in total. The zero-order chi connectivity index (χ0) is 14.0. The van der Waals surface area contributed by atoms with E-state index in [9.17, 15) is 9.90 Å². The summed E-state index contributed by atoms with van der Waals surface area (Å²) < 4.78 is 0. The molecule has 0 spiro atoms. The quantitative estimate of drug-likeness (QED) is 0.931. The summed E-state index contributed by atoms with van der Waals surface area (Å²) >= 11 is 0. The van der Waals surface area contributed by atoms with Gasteiger partial charge in [0.2, 0.25) is 0 Å². The van der Waals surface area contributed by atoms with Crippen LogP contribution in [-0.4, -0.2) is 26.1 Å². The fraction of sp³-hybridized carbons (Fsp3) is 0.400. The highest BCUT2D eigenvalue weighted by molar-refractivity contribution is 5.81. The fourth-order valence-corrected chi connectivity index (χ4v) is 3.04. The average molecular weight is 271 g/mol. The molecule has 0 atom stereocenters. The van der Waals surface area contributed by atoms with Crippen LogP contribution in [0.15, 0.2) is 36.7 Å². The molecule has 1 aromatic carbocycles. The van der Waals surface area contributed by atoms with Crippen molar-refractivity contribution in [1.29, 1.82) is 0 Å². The van der Waals surface area contributed by atoms with Gasteiger partial charge in [0.05, 0.1) is 23.5 Å². The van der Waals surface area contributed by atoms with Crippen molar-refractivity contribution in [2.24, 2.45) is 0 Å². The molecule has 1 fully saturated rings. The van der Waals surface area contributed by atoms with Gasteiger partial charge in [0.15, 0.2) is 0 Å². The summed E-state index contributed by atoms with van der Waals surface area (Å²) in [5.41, 5.74) is 1.02. The SMILES string of the molecule is O=C(O)C1(c2ccc(-n3nccn3)cc2)CCCCC1. The third-order valence-electron chi connectivity index (χ3n) is 4.19. The molecule has 1 aliphatic carbocycles. The predicted molar refractivity (Wildman–Crippen MR) is 73.8 cm³/mol. The molecular formula is C15H17N3O2. The van der Waals surface area contributed by atoms with Crippen molar-refractivity contribution in [3.63, 3.8) is 0 Å². The number of benzene rings is 1. The number of carboxylic acids is 1. The number of hydrogen-bond acceptors (Lipinski definition) is 3. The van der Waals surface area contributed by atoms with Crippen molar-refractivity contribution in [2.45, 2.75) is 37.5 Å². The molecular weight excluding hydrogens is 254 g/mol. The number of nitrogens with zero attached hydrogens (tertiary/aromatic N) is 3. The first-order valence-corrected chi connectivity index (χ1v) is 6.93. The molecule has 0 bridgehead atoms. The van der Waals surface area contributed by atoms with E-state index in [-0.39, 0.29) is 0 Å². The Labute approximate surface area is 117 Å². The van der Waals surface area contributed by atoms with Crippen LogP contribution in [-0.2, 0) is 10.2 Å². The van der Waals surface area contributed by atoms with Gasteiger partial charge in [-0.25, -0.2) is 0 Å². The Morgan fingerprint density at radius 2 is 1.65 bits per heavy atom. The fourth-order valence-electron chi connectivity index (χ4n) is 3.04. The molecule has 0 amide bonds. The second kappa shape index (κ2) is 5.07. The van der Waals surface area contributed by atoms with Gasteiger partial charge in [-0.3, -0.25) is 4.79 Å². The van der Waals surface area contributed by atoms with Crippen molar-refractivity contribution >= 4 is 5.97 Å². The van der Waals surface area contributed by atoms with Gasteiger partial charge in [-0.05, 0) is 30.5 Å². The monoisotopic (exact) mass is 271 g/mol. The van der Waals surface area contributed by atoms with E-state index in [1.54, 1.807) is 12.4 Å². The first-order chi connectivity index (χ1) is 9.72. The van der Waals surface area contributed by atoms with Gasteiger partial charge in [0, 0.05) is 0 Å². The molecule has 1 aromatic heterocycles. The minimum Gasteiger partial charge on any atom is -0.481 e. The van der Waals surface area contributed by atoms with E-state index < -0.39 is 11.4 Å². The summed E-state index contributed by atoms with van der Waals surface area (Å²) in [6, 6.07) is 7.57. The summed E-state index contributed by atoms with van der Waals surface area (Å²) in [7, 11) is 0. The second-order valence-corrected chi connectivity index (χ2v) is 5.31. The Morgan fingerprint density at radius 1 is 1.05 bits per heavy atom. The molecule has 20 heavy (non-hydrogen) atoms. The zero-order valence-electron chi connectivity index (χ0n) is 11.2. The first kappa shape index (κ1) is 12.8. The smallest absolute Gasteiger partial charge is 0.314 e. The topological polar surface area (TPSA) is 68.0 Å². The van der Waals surface area contributed by atoms with E-state index in [1.165, 1.54) is 4.80 Å². The van der Waals surface area contributed by atoms with Gasteiger partial charge < -0.3 is 5.11 Å². The van der Waals surface area contributed by atoms with Crippen LogP contribution in [0.3, 0.4) is 0 Å². The van der Waals surface area contributed by atoms with Crippen LogP contribution in [0, 0.1) is 0 Å². The highest BCUT2D eigenvalue weighted by Gasteiger charge is 2.41. The van der Waals surface area contributed by atoms with E-state index in [4.69, 9.17) is 0 Å². The molecule has 5 nitrogen and oxygen atoms in total. The van der Waals surface area contributed by atoms with Crippen molar-refractivity contribution in [3.8, 4) is 5.69 Å². The van der Waals surface area contributed by atoms with Gasteiger partial charge in [0.25, 0.3) is 0 Å². The van der Waals surface area contributed by atoms with Gasteiger partial charge in [-0.15, -0.1) is 0 Å². The third-order valence-corrected chi connectivity index (χ3v) is 4.19. The maximum atomic E-state index is 11.8. The number of carbonyl (C=O) groups is 1. The largest absolute Gasteiger partial charge is 0.481 e. The van der Waals surface area contributed by atoms with Crippen LogP contribution in [0.25, 0.3) is 5.69 Å². The maximum Gasteiger partial charge on any atom is 0.314 e. The van der Waals surface area contributed by atoms with E-state index >= 15 is 0 Å². The molecule has 0 radical (unpaired) electrons. The normalized spacial score (nSPS) is 17.8. The summed E-state index contributed by atoms with van der Waals surface area (Å²) in [6.45, 7) is 0. The van der Waals surface area contributed by atoms with Crippen molar-refractivity contribution in [3.05, 3.63) is 42.2 Å². The minimum atomic E-state index is -0.714. The van der Waals surface area contributed by atoms with Crippen LogP contribution < -0.4 is 0 Å². The molecule has 0 aliphatic heterocycles. The van der Waals surface area contributed by atoms with Crippen LogP contribution in [0.1, 0.15) is 37.7 Å². The summed E-state index contributed by atoms with van der Waals surface area (Å²) in [6.07, 6.45) is 7.78. The molecule has 1 aliphatic rings. The summed E-state index contributed by atoms with van der Waals surface area (Å²) in [5, 5.41) is 17.8. The average Bonchev–Trinajstić information content (AvgIpc) is 3.02. The first-order valence-electron chi connectivity index (χ1n) is 6.93. The second-order valence-electron chi connectivity index (χ2n) is 5.31. The molecule has 2 aromatic rings. The Balaban J connectivity index is 1.94. The van der Waals surface area contributed by atoms with Gasteiger partial charge in [-0.1, -0.05) is 31.4 Å². The standard InChI is InChI=1S/C15H17N3O2/c19-14(20)15(8-2-1-3-9-15)12-4-6-13(7-5-12)18-16-10-11-17-18/h4-7,10-11H,1-3,8-9H2,(H,19,20). The number of aliphatic carboxylic acids is 1. The van der Waals surface area contributed by atoms with Crippen molar-refractivity contribution in [1.82, 2.24) is 15.0 Å². The Kier molecular flexibility index (Phi) is 3.26. The number of hydrogen-bond donors (Lipinski definition) is 1. The maximum absolute atomic E-state index is 11.8. The number of rotatable bonds is 3.